The molecular formula is C16H20N4O3. The molecule has 7 nitrogen and oxygen atoms in total. The Morgan fingerprint density at radius 3 is 3.04 bits per heavy atom. The van der Waals surface area contributed by atoms with E-state index in [1.165, 1.54) is 0 Å². The summed E-state index contributed by atoms with van der Waals surface area (Å²) in [6.45, 7) is 3.48. The number of nitrogens with one attached hydrogen (secondary N) is 2. The molecule has 2 heterocycles. The number of benzene rings is 1. The second-order valence-corrected chi connectivity index (χ2v) is 5.20. The van der Waals surface area contributed by atoms with E-state index >= 15 is 0 Å². The van der Waals surface area contributed by atoms with Crippen LogP contribution < -0.4 is 10.6 Å². The maximum atomic E-state index is 12.3. The lowest BCUT2D eigenvalue weighted by atomic mass is 10.2. The van der Waals surface area contributed by atoms with Crippen LogP contribution in [0.1, 0.15) is 6.92 Å². The molecule has 0 spiro atoms. The molecule has 2 atom stereocenters. The Hall–Kier alpha value is -2.38. The first-order valence-electron chi connectivity index (χ1n) is 7.64. The first kappa shape index (κ1) is 15.5. The van der Waals surface area contributed by atoms with E-state index in [1.807, 2.05) is 43.5 Å². The van der Waals surface area contributed by atoms with Gasteiger partial charge in [-0.05, 0) is 25.1 Å². The predicted octanol–water partition coefficient (Wildman–Crippen LogP) is 1.80. The standard InChI is InChI=1S/C16H20N4O3/c1-2-23-15-11-22-10-13(15)19-16(21)18-12-6-3-4-7-14(12)20-9-5-8-17-20/h3-9,13,15H,2,10-11H2,1H3,(H2,18,19,21)/t13-,15-/m0/s1. The van der Waals surface area contributed by atoms with Crippen molar-refractivity contribution in [2.45, 2.75) is 19.1 Å². The monoisotopic (exact) mass is 316 g/mol. The first-order valence-corrected chi connectivity index (χ1v) is 7.64. The smallest absolute Gasteiger partial charge is 0.319 e. The molecule has 1 aromatic carbocycles. The van der Waals surface area contributed by atoms with Gasteiger partial charge in [0.1, 0.15) is 6.10 Å². The fourth-order valence-electron chi connectivity index (χ4n) is 2.56. The summed E-state index contributed by atoms with van der Waals surface area (Å²) in [4.78, 5) is 12.3. The number of hydrogen-bond acceptors (Lipinski definition) is 4. The van der Waals surface area contributed by atoms with Crippen LogP contribution in [-0.2, 0) is 9.47 Å². The molecule has 23 heavy (non-hydrogen) atoms. The summed E-state index contributed by atoms with van der Waals surface area (Å²) in [5.74, 6) is 0. The maximum absolute atomic E-state index is 12.3. The minimum atomic E-state index is -0.287. The zero-order valence-corrected chi connectivity index (χ0v) is 12.9. The number of para-hydroxylation sites is 2. The third kappa shape index (κ3) is 3.69. The van der Waals surface area contributed by atoms with Crippen molar-refractivity contribution < 1.29 is 14.3 Å². The molecule has 0 aliphatic carbocycles. The van der Waals surface area contributed by atoms with E-state index in [1.54, 1.807) is 10.9 Å². The Morgan fingerprint density at radius 2 is 2.26 bits per heavy atom. The molecule has 1 aliphatic rings. The van der Waals surface area contributed by atoms with Gasteiger partial charge in [0, 0.05) is 19.0 Å². The lowest BCUT2D eigenvalue weighted by Crippen LogP contribution is -2.45. The van der Waals surface area contributed by atoms with Crippen molar-refractivity contribution in [1.82, 2.24) is 15.1 Å². The molecule has 1 fully saturated rings. The molecular weight excluding hydrogens is 296 g/mol. The van der Waals surface area contributed by atoms with E-state index in [2.05, 4.69) is 15.7 Å². The van der Waals surface area contributed by atoms with Crippen LogP contribution in [0.4, 0.5) is 10.5 Å². The van der Waals surface area contributed by atoms with Gasteiger partial charge in [0.25, 0.3) is 0 Å². The molecule has 2 amide bonds. The summed E-state index contributed by atoms with van der Waals surface area (Å²) in [5.41, 5.74) is 1.48. The number of ether oxygens (including phenoxy) is 2. The van der Waals surface area contributed by atoms with E-state index in [-0.39, 0.29) is 18.2 Å². The van der Waals surface area contributed by atoms with Crippen LogP contribution in [0.5, 0.6) is 0 Å². The van der Waals surface area contributed by atoms with Gasteiger partial charge >= 0.3 is 6.03 Å². The highest BCUT2D eigenvalue weighted by Gasteiger charge is 2.30. The number of urea groups is 1. The van der Waals surface area contributed by atoms with Gasteiger partial charge in [-0.1, -0.05) is 12.1 Å². The van der Waals surface area contributed by atoms with E-state index in [4.69, 9.17) is 9.47 Å². The van der Waals surface area contributed by atoms with E-state index < -0.39 is 0 Å². The van der Waals surface area contributed by atoms with Crippen LogP contribution in [0.2, 0.25) is 0 Å². The molecule has 0 radical (unpaired) electrons. The summed E-state index contributed by atoms with van der Waals surface area (Å²) in [5, 5.41) is 9.97. The van der Waals surface area contributed by atoms with E-state index in [0.717, 1.165) is 5.69 Å². The Bertz CT molecular complexity index is 645. The Labute approximate surface area is 134 Å². The van der Waals surface area contributed by atoms with Crippen LogP contribution >= 0.6 is 0 Å². The van der Waals surface area contributed by atoms with Crippen molar-refractivity contribution in [2.24, 2.45) is 0 Å². The van der Waals surface area contributed by atoms with Crippen molar-refractivity contribution in [3.8, 4) is 5.69 Å². The van der Waals surface area contributed by atoms with Gasteiger partial charge in [0.2, 0.25) is 0 Å². The molecule has 2 N–H and O–H groups in total. The Kier molecular flexibility index (Phi) is 4.89. The van der Waals surface area contributed by atoms with Crippen molar-refractivity contribution in [1.29, 1.82) is 0 Å². The summed E-state index contributed by atoms with van der Waals surface area (Å²) >= 11 is 0. The van der Waals surface area contributed by atoms with Gasteiger partial charge in [0.15, 0.2) is 0 Å². The second kappa shape index (κ2) is 7.26. The number of amides is 2. The number of rotatable bonds is 5. The third-order valence-electron chi connectivity index (χ3n) is 3.63. The highest BCUT2D eigenvalue weighted by atomic mass is 16.5. The highest BCUT2D eigenvalue weighted by molar-refractivity contribution is 5.91. The molecule has 0 saturated carbocycles. The van der Waals surface area contributed by atoms with E-state index in [0.29, 0.717) is 25.5 Å². The Morgan fingerprint density at radius 1 is 1.39 bits per heavy atom. The number of carbonyl (C=O) groups excluding carboxylic acids is 1. The van der Waals surface area contributed by atoms with E-state index in [9.17, 15) is 4.79 Å². The van der Waals surface area contributed by atoms with Crippen LogP contribution in [0.25, 0.3) is 5.69 Å². The number of hydrogen-bond donors (Lipinski definition) is 2. The topological polar surface area (TPSA) is 77.4 Å². The zero-order chi connectivity index (χ0) is 16.1. The maximum Gasteiger partial charge on any atom is 0.319 e. The lowest BCUT2D eigenvalue weighted by Gasteiger charge is -2.19. The fourth-order valence-corrected chi connectivity index (χ4v) is 2.56. The molecule has 0 unspecified atom stereocenters. The van der Waals surface area contributed by atoms with Crippen molar-refractivity contribution >= 4 is 11.7 Å². The Balaban J connectivity index is 1.67. The largest absolute Gasteiger partial charge is 0.376 e. The van der Waals surface area contributed by atoms with Crippen LogP contribution in [0.3, 0.4) is 0 Å². The SMILES string of the molecule is CCO[C@H]1COC[C@@H]1NC(=O)Nc1ccccc1-n1cccn1. The average molecular weight is 316 g/mol. The molecule has 2 aromatic rings. The lowest BCUT2D eigenvalue weighted by molar-refractivity contribution is 0.0428. The van der Waals surface area contributed by atoms with Crippen LogP contribution in [0.15, 0.2) is 42.7 Å². The van der Waals surface area contributed by atoms with Crippen molar-refractivity contribution in [2.75, 3.05) is 25.1 Å². The van der Waals surface area contributed by atoms with Crippen LogP contribution in [-0.4, -0.2) is 47.8 Å². The minimum absolute atomic E-state index is 0.105. The van der Waals surface area contributed by atoms with Gasteiger partial charge in [0.05, 0.1) is 30.6 Å². The van der Waals surface area contributed by atoms with Crippen molar-refractivity contribution in [3.05, 3.63) is 42.7 Å². The molecule has 0 bridgehead atoms. The number of aromatic nitrogens is 2. The number of nitrogens with zero attached hydrogens (tertiary/aromatic N) is 2. The fraction of sp³-hybridized carbons (Fsp3) is 0.375. The van der Waals surface area contributed by atoms with Gasteiger partial charge < -0.3 is 20.1 Å². The third-order valence-corrected chi connectivity index (χ3v) is 3.63. The molecule has 1 aromatic heterocycles. The predicted molar refractivity (Wildman–Crippen MR) is 85.7 cm³/mol. The molecule has 1 saturated heterocycles. The van der Waals surface area contributed by atoms with Gasteiger partial charge in [-0.2, -0.15) is 5.10 Å². The van der Waals surface area contributed by atoms with Gasteiger partial charge in [-0.3, -0.25) is 0 Å². The summed E-state index contributed by atoms with van der Waals surface area (Å²) in [6.07, 6.45) is 3.42. The molecule has 7 heteroatoms. The van der Waals surface area contributed by atoms with Gasteiger partial charge in [-0.25, -0.2) is 9.48 Å². The second-order valence-electron chi connectivity index (χ2n) is 5.20. The molecule has 122 valence electrons. The minimum Gasteiger partial charge on any atom is -0.376 e. The molecule has 1 aliphatic heterocycles. The number of anilines is 1. The summed E-state index contributed by atoms with van der Waals surface area (Å²) in [6, 6.07) is 8.89. The molecule has 3 rings (SSSR count). The van der Waals surface area contributed by atoms with Crippen molar-refractivity contribution in [3.63, 3.8) is 0 Å². The zero-order valence-electron chi connectivity index (χ0n) is 12.9. The van der Waals surface area contributed by atoms with Crippen LogP contribution in [0, 0.1) is 0 Å². The summed E-state index contributed by atoms with van der Waals surface area (Å²) in [7, 11) is 0. The highest BCUT2D eigenvalue weighted by Crippen LogP contribution is 2.19. The van der Waals surface area contributed by atoms with Gasteiger partial charge in [-0.15, -0.1) is 0 Å². The summed E-state index contributed by atoms with van der Waals surface area (Å²) < 4.78 is 12.6. The first-order chi connectivity index (χ1) is 11.3. The quantitative estimate of drug-likeness (QED) is 0.882. The number of carbonyl (C=O) groups is 1. The average Bonchev–Trinajstić information content (AvgIpc) is 3.21. The normalized spacial score (nSPS) is 20.4.